The van der Waals surface area contributed by atoms with E-state index in [9.17, 15) is 4.79 Å². The van der Waals surface area contributed by atoms with Gasteiger partial charge >= 0.3 is 0 Å². The minimum absolute atomic E-state index is 0.173. The molecule has 0 radical (unpaired) electrons. The number of rotatable bonds is 2. The van der Waals surface area contributed by atoms with Gasteiger partial charge in [-0.15, -0.1) is 5.10 Å². The summed E-state index contributed by atoms with van der Waals surface area (Å²) >= 11 is 0. The second-order valence-corrected chi connectivity index (χ2v) is 7.17. The van der Waals surface area contributed by atoms with Crippen molar-refractivity contribution in [3.05, 3.63) is 89.6 Å². The summed E-state index contributed by atoms with van der Waals surface area (Å²) in [4.78, 5) is 16.9. The molecular formula is C24H19N3O2. The number of nitrogens with zero attached hydrogens (tertiary/aromatic N) is 3. The molecule has 5 rings (SSSR count). The Balaban J connectivity index is 1.60. The van der Waals surface area contributed by atoms with Crippen molar-refractivity contribution in [1.29, 1.82) is 0 Å². The Morgan fingerprint density at radius 3 is 2.55 bits per heavy atom. The van der Waals surface area contributed by atoms with Crippen LogP contribution in [0.15, 0.2) is 77.9 Å². The van der Waals surface area contributed by atoms with Gasteiger partial charge in [0.2, 0.25) is 18.0 Å². The number of pyridine rings is 1. The van der Waals surface area contributed by atoms with Gasteiger partial charge in [0.15, 0.2) is 0 Å². The van der Waals surface area contributed by atoms with E-state index in [0.717, 1.165) is 38.5 Å². The number of hydrogen-bond donors (Lipinski definition) is 0. The lowest BCUT2D eigenvalue weighted by Crippen LogP contribution is -2.25. The van der Waals surface area contributed by atoms with Gasteiger partial charge in [0.1, 0.15) is 0 Å². The topological polar surface area (TPSA) is 54.8 Å². The number of fused-ring (bicyclic) bond motifs is 2. The number of para-hydroxylation sites is 1. The van der Waals surface area contributed by atoms with E-state index in [0.29, 0.717) is 5.90 Å². The van der Waals surface area contributed by atoms with E-state index in [1.165, 1.54) is 11.9 Å². The highest BCUT2D eigenvalue weighted by atomic mass is 16.5. The first-order valence-electron chi connectivity index (χ1n) is 9.51. The number of aryl methyl sites for hydroxylation is 1. The second kappa shape index (κ2) is 6.71. The maximum Gasteiger partial charge on any atom is 0.243 e. The summed E-state index contributed by atoms with van der Waals surface area (Å²) in [6.45, 7) is 3.44. The molecule has 0 spiro atoms. The lowest BCUT2D eigenvalue weighted by atomic mass is 10.1. The zero-order chi connectivity index (χ0) is 20.0. The normalized spacial score (nSPS) is 16.1. The number of aromatic nitrogens is 1. The first-order chi connectivity index (χ1) is 14.1. The molecule has 1 aromatic heterocycles. The fraction of sp³-hybridized carbons (Fsp3) is 0.125. The highest BCUT2D eigenvalue weighted by Gasteiger charge is 2.33. The van der Waals surface area contributed by atoms with Crippen molar-refractivity contribution in [3.8, 4) is 0 Å². The standard InChI is InChI=1S/C24H19N3O2/c1-15-13-21(20-9-5-6-10-22(20)25-15)23-26-27(16(2)28)24(29-23)19-12-11-17-7-3-4-8-18(17)14-19/h3-14,24H,1-2H3/t24-/m1/s1. The third-order valence-electron chi connectivity index (χ3n) is 5.10. The molecule has 2 heterocycles. The largest absolute Gasteiger partial charge is 0.446 e. The number of carbonyl (C=O) groups is 1. The van der Waals surface area contributed by atoms with Crippen LogP contribution >= 0.6 is 0 Å². The minimum atomic E-state index is -0.598. The molecule has 1 amide bonds. The Bertz CT molecular complexity index is 1300. The van der Waals surface area contributed by atoms with Crippen molar-refractivity contribution in [3.63, 3.8) is 0 Å². The van der Waals surface area contributed by atoms with E-state index in [4.69, 9.17) is 4.74 Å². The number of amides is 1. The van der Waals surface area contributed by atoms with Gasteiger partial charge in [-0.1, -0.05) is 54.6 Å². The summed E-state index contributed by atoms with van der Waals surface area (Å²) in [7, 11) is 0. The van der Waals surface area contributed by atoms with Crippen molar-refractivity contribution in [2.24, 2.45) is 5.10 Å². The molecule has 0 saturated carbocycles. The summed E-state index contributed by atoms with van der Waals surface area (Å²) in [5.74, 6) is 0.258. The monoisotopic (exact) mass is 381 g/mol. The molecule has 1 aliphatic rings. The third kappa shape index (κ3) is 3.01. The van der Waals surface area contributed by atoms with Crippen molar-refractivity contribution in [2.75, 3.05) is 0 Å². The molecule has 142 valence electrons. The van der Waals surface area contributed by atoms with E-state index in [1.807, 2.05) is 73.7 Å². The van der Waals surface area contributed by atoms with E-state index < -0.39 is 6.23 Å². The molecule has 5 heteroatoms. The van der Waals surface area contributed by atoms with E-state index in [1.54, 1.807) is 0 Å². The summed E-state index contributed by atoms with van der Waals surface area (Å²) in [6.07, 6.45) is -0.598. The van der Waals surface area contributed by atoms with Gasteiger partial charge in [-0.2, -0.15) is 5.01 Å². The van der Waals surface area contributed by atoms with Crippen LogP contribution in [0.4, 0.5) is 0 Å². The molecule has 0 unspecified atom stereocenters. The summed E-state index contributed by atoms with van der Waals surface area (Å²) in [5.41, 5.74) is 3.46. The number of hydrogen-bond acceptors (Lipinski definition) is 4. The van der Waals surface area contributed by atoms with Crippen LogP contribution in [-0.2, 0) is 9.53 Å². The van der Waals surface area contributed by atoms with Gasteiger partial charge in [-0.3, -0.25) is 9.78 Å². The molecule has 0 aliphatic carbocycles. The fourth-order valence-corrected chi connectivity index (χ4v) is 3.74. The Morgan fingerprint density at radius 1 is 0.966 bits per heavy atom. The molecule has 1 aliphatic heterocycles. The van der Waals surface area contributed by atoms with Gasteiger partial charge < -0.3 is 4.74 Å². The molecule has 1 atom stereocenters. The van der Waals surface area contributed by atoms with Gasteiger partial charge in [0.05, 0.1) is 5.52 Å². The van der Waals surface area contributed by atoms with Gasteiger partial charge in [-0.25, -0.2) is 0 Å². The van der Waals surface area contributed by atoms with Crippen LogP contribution in [0.1, 0.15) is 30.0 Å². The van der Waals surface area contributed by atoms with Gasteiger partial charge in [0.25, 0.3) is 0 Å². The van der Waals surface area contributed by atoms with Crippen LogP contribution in [-0.4, -0.2) is 21.8 Å². The van der Waals surface area contributed by atoms with Crippen LogP contribution in [0.2, 0.25) is 0 Å². The Labute approximate surface area is 168 Å². The predicted molar refractivity (Wildman–Crippen MR) is 113 cm³/mol. The molecule has 0 fully saturated rings. The molecular weight excluding hydrogens is 362 g/mol. The van der Waals surface area contributed by atoms with Crippen molar-refractivity contribution < 1.29 is 9.53 Å². The van der Waals surface area contributed by atoms with Crippen molar-refractivity contribution >= 4 is 33.5 Å². The highest BCUT2D eigenvalue weighted by molar-refractivity contribution is 6.07. The summed E-state index contributed by atoms with van der Waals surface area (Å²) in [6, 6.07) is 24.0. The third-order valence-corrected chi connectivity index (χ3v) is 5.10. The van der Waals surface area contributed by atoms with Crippen molar-refractivity contribution in [1.82, 2.24) is 9.99 Å². The summed E-state index contributed by atoms with van der Waals surface area (Å²) < 4.78 is 6.25. The van der Waals surface area contributed by atoms with E-state index in [2.05, 4.69) is 16.2 Å². The van der Waals surface area contributed by atoms with Crippen LogP contribution in [0, 0.1) is 6.92 Å². The molecule has 5 nitrogen and oxygen atoms in total. The average Bonchev–Trinajstić information content (AvgIpc) is 3.18. The molecule has 4 aromatic rings. The Kier molecular flexibility index (Phi) is 4.02. The Morgan fingerprint density at radius 2 is 1.72 bits per heavy atom. The zero-order valence-corrected chi connectivity index (χ0v) is 16.2. The average molecular weight is 381 g/mol. The maximum atomic E-state index is 12.3. The number of benzene rings is 3. The lowest BCUT2D eigenvalue weighted by Gasteiger charge is -2.19. The predicted octanol–water partition coefficient (Wildman–Crippen LogP) is 4.94. The van der Waals surface area contributed by atoms with Gasteiger partial charge in [-0.05, 0) is 35.9 Å². The zero-order valence-electron chi connectivity index (χ0n) is 16.2. The first kappa shape index (κ1) is 17.4. The van der Waals surface area contributed by atoms with Crippen molar-refractivity contribution in [2.45, 2.75) is 20.1 Å². The molecule has 29 heavy (non-hydrogen) atoms. The highest BCUT2D eigenvalue weighted by Crippen LogP contribution is 2.33. The molecule has 0 bridgehead atoms. The fourth-order valence-electron chi connectivity index (χ4n) is 3.74. The molecule has 0 saturated heterocycles. The maximum absolute atomic E-state index is 12.3. The quantitative estimate of drug-likeness (QED) is 0.494. The first-order valence-corrected chi connectivity index (χ1v) is 9.51. The van der Waals surface area contributed by atoms with Gasteiger partial charge in [0, 0.05) is 29.1 Å². The number of hydrazone groups is 1. The molecule has 0 N–H and O–H groups in total. The SMILES string of the molecule is CC(=O)N1N=C(c2cc(C)nc3ccccc23)O[C@@H]1c1ccc2ccccc2c1. The summed E-state index contributed by atoms with van der Waals surface area (Å²) in [5, 5.41) is 9.12. The Hall–Kier alpha value is -3.73. The van der Waals surface area contributed by atoms with E-state index in [-0.39, 0.29) is 5.91 Å². The van der Waals surface area contributed by atoms with Crippen LogP contribution in [0.25, 0.3) is 21.7 Å². The minimum Gasteiger partial charge on any atom is -0.446 e. The van der Waals surface area contributed by atoms with E-state index >= 15 is 0 Å². The van der Waals surface area contributed by atoms with Crippen LogP contribution in [0.3, 0.4) is 0 Å². The number of carbonyl (C=O) groups excluding carboxylic acids is 1. The van der Waals surface area contributed by atoms with Crippen LogP contribution < -0.4 is 0 Å². The lowest BCUT2D eigenvalue weighted by molar-refractivity contribution is -0.135. The smallest absolute Gasteiger partial charge is 0.243 e. The molecule has 3 aromatic carbocycles. The second-order valence-electron chi connectivity index (χ2n) is 7.17. The number of ether oxygens (including phenoxy) is 1. The van der Waals surface area contributed by atoms with Crippen LogP contribution in [0.5, 0.6) is 0 Å².